The zero-order chi connectivity index (χ0) is 29.1. The van der Waals surface area contributed by atoms with Crippen LogP contribution in [0.4, 0.5) is 4.79 Å². The topological polar surface area (TPSA) is 149 Å². The van der Waals surface area contributed by atoms with Crippen LogP contribution in [0.3, 0.4) is 0 Å². The van der Waals surface area contributed by atoms with E-state index in [9.17, 15) is 19.8 Å². The van der Waals surface area contributed by atoms with Crippen molar-refractivity contribution >= 4 is 34.5 Å². The van der Waals surface area contributed by atoms with Crippen LogP contribution in [0, 0.1) is 11.8 Å². The van der Waals surface area contributed by atoms with E-state index in [2.05, 4.69) is 10.3 Å². The van der Waals surface area contributed by atoms with E-state index < -0.39 is 23.8 Å². The summed E-state index contributed by atoms with van der Waals surface area (Å²) in [4.78, 5) is 31.0. The summed E-state index contributed by atoms with van der Waals surface area (Å²) >= 11 is 6.83. The SMILES string of the molecule is N[C@@H]1C[C@H](C(=O)N2CCCC(C(O)(CCCNC(=O)O)c3cccc(Cl)c3-c3cnc4ccccc4c3)C2)C[C@@H]1O. The minimum absolute atomic E-state index is 0.0401. The summed E-state index contributed by atoms with van der Waals surface area (Å²) in [5.74, 6) is -0.700. The van der Waals surface area contributed by atoms with Crippen LogP contribution in [0.25, 0.3) is 22.0 Å². The van der Waals surface area contributed by atoms with Gasteiger partial charge in [-0.25, -0.2) is 4.79 Å². The maximum atomic E-state index is 13.5. The number of pyridine rings is 1. The van der Waals surface area contributed by atoms with Gasteiger partial charge in [0.25, 0.3) is 0 Å². The summed E-state index contributed by atoms with van der Waals surface area (Å²) in [6.07, 6.45) is 2.78. The molecule has 2 aliphatic rings. The lowest BCUT2D eigenvalue weighted by Crippen LogP contribution is -2.49. The predicted molar refractivity (Wildman–Crippen MR) is 157 cm³/mol. The highest BCUT2D eigenvalue weighted by atomic mass is 35.5. The van der Waals surface area contributed by atoms with Crippen LogP contribution in [0.5, 0.6) is 0 Å². The lowest BCUT2D eigenvalue weighted by molar-refractivity contribution is -0.141. The monoisotopic (exact) mass is 580 g/mol. The Bertz CT molecular complexity index is 1410. The Morgan fingerprint density at radius 1 is 1.17 bits per heavy atom. The van der Waals surface area contributed by atoms with Crippen molar-refractivity contribution in [2.45, 2.75) is 56.3 Å². The lowest BCUT2D eigenvalue weighted by atomic mass is 9.72. The zero-order valence-electron chi connectivity index (χ0n) is 22.9. The van der Waals surface area contributed by atoms with Gasteiger partial charge in [0.05, 0.1) is 17.2 Å². The molecule has 2 unspecified atom stereocenters. The molecule has 10 heteroatoms. The van der Waals surface area contributed by atoms with Crippen molar-refractivity contribution < 1.29 is 24.9 Å². The summed E-state index contributed by atoms with van der Waals surface area (Å²) in [7, 11) is 0. The Hall–Kier alpha value is -3.24. The summed E-state index contributed by atoms with van der Waals surface area (Å²) in [5.41, 5.74) is 7.51. The van der Waals surface area contributed by atoms with Gasteiger partial charge in [-0.05, 0) is 62.3 Å². The van der Waals surface area contributed by atoms with Crippen molar-refractivity contribution in [2.24, 2.45) is 17.6 Å². The van der Waals surface area contributed by atoms with Crippen LogP contribution in [-0.4, -0.2) is 69.0 Å². The molecular weight excluding hydrogens is 544 g/mol. The first-order valence-electron chi connectivity index (χ1n) is 14.2. The number of rotatable bonds is 8. The van der Waals surface area contributed by atoms with Gasteiger partial charge >= 0.3 is 6.09 Å². The van der Waals surface area contributed by atoms with E-state index in [1.54, 1.807) is 17.2 Å². The molecule has 218 valence electrons. The highest BCUT2D eigenvalue weighted by Gasteiger charge is 2.44. The molecule has 9 nitrogen and oxygen atoms in total. The number of carboxylic acid groups (broad SMARTS) is 1. The number of aliphatic hydroxyl groups is 2. The minimum atomic E-state index is -1.41. The van der Waals surface area contributed by atoms with E-state index in [1.165, 1.54) is 0 Å². The van der Waals surface area contributed by atoms with E-state index in [1.807, 2.05) is 42.5 Å². The number of nitrogens with one attached hydrogen (secondary N) is 1. The molecule has 1 aliphatic carbocycles. The lowest BCUT2D eigenvalue weighted by Gasteiger charge is -2.44. The fraction of sp³-hybridized carbons (Fsp3) is 0.452. The van der Waals surface area contributed by atoms with Crippen LogP contribution in [0.1, 0.15) is 44.1 Å². The molecule has 2 fully saturated rings. The highest BCUT2D eigenvalue weighted by molar-refractivity contribution is 6.33. The number of hydrogen-bond acceptors (Lipinski definition) is 6. The number of piperidine rings is 1. The smallest absolute Gasteiger partial charge is 0.404 e. The summed E-state index contributed by atoms with van der Waals surface area (Å²) in [6.45, 7) is 1.09. The second-order valence-corrected chi connectivity index (χ2v) is 11.8. The number of fused-ring (bicyclic) bond motifs is 1. The molecule has 2 heterocycles. The van der Waals surface area contributed by atoms with Crippen LogP contribution in [0.15, 0.2) is 54.7 Å². The van der Waals surface area contributed by atoms with Gasteiger partial charge in [0.15, 0.2) is 0 Å². The van der Waals surface area contributed by atoms with Gasteiger partial charge in [0.2, 0.25) is 5.91 Å². The second kappa shape index (κ2) is 12.3. The number of para-hydroxylation sites is 1. The number of nitrogens with two attached hydrogens (primary N) is 1. The molecular formula is C31H37ClN4O5. The van der Waals surface area contributed by atoms with Crippen LogP contribution in [0.2, 0.25) is 5.02 Å². The van der Waals surface area contributed by atoms with Gasteiger partial charge < -0.3 is 31.3 Å². The van der Waals surface area contributed by atoms with Gasteiger partial charge in [0.1, 0.15) is 0 Å². The molecule has 0 radical (unpaired) electrons. The van der Waals surface area contributed by atoms with E-state index in [0.29, 0.717) is 61.3 Å². The summed E-state index contributed by atoms with van der Waals surface area (Å²) in [5, 5.41) is 35.7. The summed E-state index contributed by atoms with van der Waals surface area (Å²) in [6, 6.07) is 14.8. The fourth-order valence-corrected chi connectivity index (χ4v) is 6.86. The molecule has 1 aliphatic heterocycles. The molecule has 0 bridgehead atoms. The van der Waals surface area contributed by atoms with Crippen LogP contribution < -0.4 is 11.1 Å². The quantitative estimate of drug-likeness (QED) is 0.251. The number of hydrogen-bond donors (Lipinski definition) is 5. The number of aliphatic hydroxyl groups excluding tert-OH is 1. The van der Waals surface area contributed by atoms with Gasteiger partial charge in [-0.1, -0.05) is 41.9 Å². The Kier molecular flexibility index (Phi) is 8.79. The molecule has 0 spiro atoms. The zero-order valence-corrected chi connectivity index (χ0v) is 23.6. The Labute approximate surface area is 244 Å². The minimum Gasteiger partial charge on any atom is -0.465 e. The molecule has 5 rings (SSSR count). The Balaban J connectivity index is 1.51. The van der Waals surface area contributed by atoms with E-state index >= 15 is 0 Å². The largest absolute Gasteiger partial charge is 0.465 e. The molecule has 1 saturated carbocycles. The predicted octanol–water partition coefficient (Wildman–Crippen LogP) is 4.13. The van der Waals surface area contributed by atoms with Gasteiger partial charge in [-0.3, -0.25) is 9.78 Å². The standard InChI is InChI=1S/C31H37ClN4O5/c32-24-9-3-8-23(28(24)21-14-19-6-1-2-10-26(19)35-17-21)31(41,11-5-12-34-30(39)40)22-7-4-13-36(18-22)29(38)20-15-25(33)27(37)16-20/h1-3,6,8-10,14,17,20,22,25,27,34,37,41H,4-5,7,11-13,15-16,18,33H2,(H,39,40)/t20-,22?,25+,27-,31?/m0/s1. The van der Waals surface area contributed by atoms with E-state index in [4.69, 9.17) is 22.4 Å². The fourth-order valence-electron chi connectivity index (χ4n) is 6.57. The van der Waals surface area contributed by atoms with E-state index in [-0.39, 0.29) is 30.7 Å². The second-order valence-electron chi connectivity index (χ2n) is 11.4. The van der Waals surface area contributed by atoms with Gasteiger partial charge in [-0.15, -0.1) is 0 Å². The van der Waals surface area contributed by atoms with Crippen molar-refractivity contribution in [3.8, 4) is 11.1 Å². The number of likely N-dealkylation sites (tertiary alicyclic amines) is 1. The molecule has 6 N–H and O–H groups in total. The third-order valence-corrected chi connectivity index (χ3v) is 9.02. The van der Waals surface area contributed by atoms with Crippen LogP contribution >= 0.6 is 11.6 Å². The first-order valence-corrected chi connectivity index (χ1v) is 14.6. The molecule has 2 aromatic carbocycles. The van der Waals surface area contributed by atoms with Crippen molar-refractivity contribution in [1.82, 2.24) is 15.2 Å². The Morgan fingerprint density at radius 2 is 1.98 bits per heavy atom. The molecule has 3 aromatic rings. The number of benzene rings is 2. The van der Waals surface area contributed by atoms with Crippen molar-refractivity contribution in [1.29, 1.82) is 0 Å². The third kappa shape index (κ3) is 6.18. The van der Waals surface area contributed by atoms with Gasteiger partial charge in [-0.2, -0.15) is 0 Å². The Morgan fingerprint density at radius 3 is 2.73 bits per heavy atom. The highest BCUT2D eigenvalue weighted by Crippen LogP contribution is 2.46. The number of aromatic nitrogens is 1. The first-order chi connectivity index (χ1) is 19.7. The number of halogens is 1. The number of carbonyl (C=O) groups is 2. The average molecular weight is 581 g/mol. The maximum absolute atomic E-state index is 13.5. The van der Waals surface area contributed by atoms with Crippen molar-refractivity contribution in [3.05, 3.63) is 65.3 Å². The molecule has 41 heavy (non-hydrogen) atoms. The molecule has 1 aromatic heterocycles. The van der Waals surface area contributed by atoms with Crippen LogP contribution in [-0.2, 0) is 10.4 Å². The normalized spacial score (nSPS) is 24.2. The molecule has 5 atom stereocenters. The maximum Gasteiger partial charge on any atom is 0.404 e. The van der Waals surface area contributed by atoms with E-state index in [0.717, 1.165) is 16.5 Å². The number of carbonyl (C=O) groups excluding carboxylic acids is 1. The molecule has 1 saturated heterocycles. The van der Waals surface area contributed by atoms with Crippen molar-refractivity contribution in [3.63, 3.8) is 0 Å². The summed E-state index contributed by atoms with van der Waals surface area (Å²) < 4.78 is 0. The van der Waals surface area contributed by atoms with Gasteiger partial charge in [0, 0.05) is 65.2 Å². The molecule has 2 amide bonds. The number of amides is 2. The number of nitrogens with zero attached hydrogens (tertiary/aromatic N) is 2. The first kappa shape index (κ1) is 29.3. The van der Waals surface area contributed by atoms with Crippen molar-refractivity contribution in [2.75, 3.05) is 19.6 Å². The average Bonchev–Trinajstić information content (AvgIpc) is 3.32. The third-order valence-electron chi connectivity index (χ3n) is 8.70.